The van der Waals surface area contributed by atoms with E-state index in [2.05, 4.69) is 6.92 Å². The van der Waals surface area contributed by atoms with Crippen molar-refractivity contribution >= 4 is 23.4 Å². The van der Waals surface area contributed by atoms with Crippen molar-refractivity contribution in [3.05, 3.63) is 34.9 Å². The summed E-state index contributed by atoms with van der Waals surface area (Å²) in [5, 5.41) is 10.4. The minimum Gasteiger partial charge on any atom is -0.392 e. The molecule has 0 bridgehead atoms. The van der Waals surface area contributed by atoms with Crippen LogP contribution in [0.3, 0.4) is 0 Å². The number of aliphatic hydroxyl groups is 1. The Morgan fingerprint density at radius 1 is 1.50 bits per heavy atom. The van der Waals surface area contributed by atoms with Crippen molar-refractivity contribution in [2.45, 2.75) is 19.4 Å². The summed E-state index contributed by atoms with van der Waals surface area (Å²) in [6.07, 6.45) is 0.423. The highest BCUT2D eigenvalue weighted by Gasteiger charge is 2.05. The largest absolute Gasteiger partial charge is 0.392 e. The summed E-state index contributed by atoms with van der Waals surface area (Å²) in [4.78, 5) is 0. The van der Waals surface area contributed by atoms with Crippen LogP contribution in [0.5, 0.6) is 0 Å². The molecule has 0 aliphatic rings. The molecular formula is C11H15ClOS. The Bertz CT molecular complexity index is 278. The molecule has 1 unspecified atom stereocenters. The van der Waals surface area contributed by atoms with E-state index < -0.39 is 0 Å². The van der Waals surface area contributed by atoms with Gasteiger partial charge in [-0.2, -0.15) is 11.8 Å². The fraction of sp³-hybridized carbons (Fsp3) is 0.455. The average Bonchev–Trinajstić information content (AvgIpc) is 2.15. The van der Waals surface area contributed by atoms with Gasteiger partial charge < -0.3 is 5.11 Å². The van der Waals surface area contributed by atoms with Crippen LogP contribution < -0.4 is 0 Å². The fourth-order valence-electron chi connectivity index (χ4n) is 1.25. The molecule has 1 atom stereocenters. The normalized spacial score (nSPS) is 12.8. The maximum Gasteiger partial charge on any atom is 0.0670 e. The van der Waals surface area contributed by atoms with E-state index in [-0.39, 0.29) is 6.10 Å². The van der Waals surface area contributed by atoms with Gasteiger partial charge in [-0.3, -0.25) is 0 Å². The van der Waals surface area contributed by atoms with Crippen molar-refractivity contribution in [3.8, 4) is 0 Å². The Balaban J connectivity index is 2.43. The lowest BCUT2D eigenvalue weighted by atomic mass is 10.1. The average molecular weight is 231 g/mol. The molecule has 0 spiro atoms. The number of benzene rings is 1. The first-order chi connectivity index (χ1) is 6.72. The first-order valence-corrected chi connectivity index (χ1v) is 6.26. The predicted octanol–water partition coefficient (Wildman–Crippen LogP) is 3.00. The summed E-state index contributed by atoms with van der Waals surface area (Å²) in [5.74, 6) is 1.84. The van der Waals surface area contributed by atoms with Crippen LogP contribution >= 0.6 is 23.4 Å². The second-order valence-corrected chi connectivity index (χ2v) is 4.90. The minimum absolute atomic E-state index is 0.265. The molecule has 1 aromatic rings. The van der Waals surface area contributed by atoms with Gasteiger partial charge in [0.15, 0.2) is 0 Å². The molecule has 0 fully saturated rings. The fourth-order valence-corrected chi connectivity index (χ4v) is 2.09. The quantitative estimate of drug-likeness (QED) is 0.839. The molecule has 1 nitrogen and oxygen atoms in total. The summed E-state index contributed by atoms with van der Waals surface area (Å²) in [7, 11) is 0. The van der Waals surface area contributed by atoms with E-state index in [1.165, 1.54) is 0 Å². The van der Waals surface area contributed by atoms with Crippen LogP contribution in [0.2, 0.25) is 5.02 Å². The topological polar surface area (TPSA) is 20.2 Å². The smallest absolute Gasteiger partial charge is 0.0670 e. The van der Waals surface area contributed by atoms with Crippen LogP contribution in [0.1, 0.15) is 12.5 Å². The van der Waals surface area contributed by atoms with Gasteiger partial charge in [0.05, 0.1) is 6.10 Å². The second-order valence-electron chi connectivity index (χ2n) is 3.15. The van der Waals surface area contributed by atoms with E-state index in [9.17, 15) is 5.11 Å². The summed E-state index contributed by atoms with van der Waals surface area (Å²) >= 11 is 7.60. The molecule has 0 saturated carbocycles. The van der Waals surface area contributed by atoms with E-state index >= 15 is 0 Å². The number of halogens is 1. The molecule has 0 heterocycles. The van der Waals surface area contributed by atoms with Crippen LogP contribution in [-0.4, -0.2) is 22.7 Å². The van der Waals surface area contributed by atoms with Crippen LogP contribution in [0.4, 0.5) is 0 Å². The monoisotopic (exact) mass is 230 g/mol. The highest BCUT2D eigenvalue weighted by Crippen LogP contribution is 2.13. The molecule has 0 aliphatic heterocycles. The molecule has 1 N–H and O–H groups in total. The van der Waals surface area contributed by atoms with E-state index in [0.29, 0.717) is 6.42 Å². The van der Waals surface area contributed by atoms with E-state index in [0.717, 1.165) is 22.1 Å². The molecule has 0 radical (unpaired) electrons. The SMILES string of the molecule is CCSCC(O)Cc1cccc(Cl)c1. The van der Waals surface area contributed by atoms with Gasteiger partial charge >= 0.3 is 0 Å². The lowest BCUT2D eigenvalue weighted by Gasteiger charge is -2.09. The number of hydrogen-bond acceptors (Lipinski definition) is 2. The van der Waals surface area contributed by atoms with Gasteiger partial charge in [0.2, 0.25) is 0 Å². The molecule has 0 saturated heterocycles. The molecule has 0 aromatic heterocycles. The van der Waals surface area contributed by atoms with Crippen LogP contribution in [0.25, 0.3) is 0 Å². The Morgan fingerprint density at radius 2 is 2.29 bits per heavy atom. The third-order valence-corrected chi connectivity index (χ3v) is 3.14. The van der Waals surface area contributed by atoms with Crippen molar-refractivity contribution in [1.29, 1.82) is 0 Å². The molecule has 1 aromatic carbocycles. The summed E-state index contributed by atoms with van der Waals surface area (Å²) in [6, 6.07) is 7.66. The molecule has 3 heteroatoms. The number of rotatable bonds is 5. The zero-order valence-electron chi connectivity index (χ0n) is 8.24. The van der Waals surface area contributed by atoms with Crippen molar-refractivity contribution in [3.63, 3.8) is 0 Å². The van der Waals surface area contributed by atoms with Gasteiger partial charge in [-0.25, -0.2) is 0 Å². The van der Waals surface area contributed by atoms with Gasteiger partial charge in [0, 0.05) is 10.8 Å². The standard InChI is InChI=1S/C11H15ClOS/c1-2-14-8-11(13)7-9-4-3-5-10(12)6-9/h3-6,11,13H,2,7-8H2,1H3. The Morgan fingerprint density at radius 3 is 2.93 bits per heavy atom. The Hall–Kier alpha value is -0.180. The van der Waals surface area contributed by atoms with Crippen molar-refractivity contribution < 1.29 is 5.11 Å². The van der Waals surface area contributed by atoms with Gasteiger partial charge in [-0.15, -0.1) is 0 Å². The van der Waals surface area contributed by atoms with E-state index in [1.807, 2.05) is 24.3 Å². The first kappa shape index (κ1) is 11.9. The van der Waals surface area contributed by atoms with Gasteiger partial charge in [0.25, 0.3) is 0 Å². The maximum atomic E-state index is 9.66. The van der Waals surface area contributed by atoms with Crippen molar-refractivity contribution in [1.82, 2.24) is 0 Å². The number of thioether (sulfide) groups is 1. The van der Waals surface area contributed by atoms with Crippen molar-refractivity contribution in [2.24, 2.45) is 0 Å². The summed E-state index contributed by atoms with van der Waals surface area (Å²) < 4.78 is 0. The lowest BCUT2D eigenvalue weighted by Crippen LogP contribution is -2.13. The molecule has 1 rings (SSSR count). The lowest BCUT2D eigenvalue weighted by molar-refractivity contribution is 0.200. The van der Waals surface area contributed by atoms with Crippen LogP contribution in [0, 0.1) is 0 Å². The molecule has 78 valence electrons. The Labute approximate surface area is 94.5 Å². The molecular weight excluding hydrogens is 216 g/mol. The van der Waals surface area contributed by atoms with E-state index in [4.69, 9.17) is 11.6 Å². The Kier molecular flexibility index (Phi) is 5.38. The van der Waals surface area contributed by atoms with Gasteiger partial charge in [-0.05, 0) is 29.9 Å². The minimum atomic E-state index is -0.265. The number of hydrogen-bond donors (Lipinski definition) is 1. The van der Waals surface area contributed by atoms with Crippen molar-refractivity contribution in [2.75, 3.05) is 11.5 Å². The van der Waals surface area contributed by atoms with Crippen LogP contribution in [0.15, 0.2) is 24.3 Å². The summed E-state index contributed by atoms with van der Waals surface area (Å²) in [6.45, 7) is 2.09. The molecule has 14 heavy (non-hydrogen) atoms. The summed E-state index contributed by atoms with van der Waals surface area (Å²) in [5.41, 5.74) is 1.10. The van der Waals surface area contributed by atoms with Crippen LogP contribution in [-0.2, 0) is 6.42 Å². The maximum absolute atomic E-state index is 9.66. The highest BCUT2D eigenvalue weighted by atomic mass is 35.5. The number of aliphatic hydroxyl groups excluding tert-OH is 1. The molecule has 0 aliphatic carbocycles. The third-order valence-electron chi connectivity index (χ3n) is 1.87. The van der Waals surface area contributed by atoms with Gasteiger partial charge in [0.1, 0.15) is 0 Å². The zero-order chi connectivity index (χ0) is 10.4. The van der Waals surface area contributed by atoms with E-state index in [1.54, 1.807) is 11.8 Å². The third kappa shape index (κ3) is 4.36. The second kappa shape index (κ2) is 6.33. The highest BCUT2D eigenvalue weighted by molar-refractivity contribution is 7.99. The molecule has 0 amide bonds. The predicted molar refractivity (Wildman–Crippen MR) is 64.2 cm³/mol. The zero-order valence-corrected chi connectivity index (χ0v) is 9.81. The first-order valence-electron chi connectivity index (χ1n) is 4.72. The van der Waals surface area contributed by atoms with Gasteiger partial charge in [-0.1, -0.05) is 30.7 Å².